The van der Waals surface area contributed by atoms with Gasteiger partial charge in [0.1, 0.15) is 5.82 Å². The minimum atomic E-state index is 0.0659. The lowest BCUT2D eigenvalue weighted by molar-refractivity contribution is -0.0124. The fraction of sp³-hybridized carbons (Fsp3) is 0.471. The van der Waals surface area contributed by atoms with Gasteiger partial charge in [0.15, 0.2) is 0 Å². The van der Waals surface area contributed by atoms with Crippen LogP contribution in [0, 0.1) is 0 Å². The topological polar surface area (TPSA) is 67.4 Å². The first-order valence-electron chi connectivity index (χ1n) is 8.22. The number of aromatic nitrogens is 2. The summed E-state index contributed by atoms with van der Waals surface area (Å²) in [7, 11) is 0. The zero-order chi connectivity index (χ0) is 16.9. The van der Waals surface area contributed by atoms with Gasteiger partial charge in [0.2, 0.25) is 5.13 Å². The Morgan fingerprint density at radius 3 is 3.12 bits per heavy atom. The normalized spacial score (nSPS) is 17.8. The Bertz CT molecular complexity index is 703. The van der Waals surface area contributed by atoms with Gasteiger partial charge in [-0.25, -0.2) is 4.98 Å². The summed E-state index contributed by atoms with van der Waals surface area (Å²) in [6.07, 6.45) is 0.929. The Hall–Kier alpha value is -1.99. The number of anilines is 1. The molecule has 1 aliphatic heterocycles. The Morgan fingerprint density at radius 2 is 2.38 bits per heavy atom. The molecule has 24 heavy (non-hydrogen) atoms. The molecule has 1 aliphatic rings. The van der Waals surface area contributed by atoms with Crippen LogP contribution in [-0.2, 0) is 17.7 Å². The lowest BCUT2D eigenvalue weighted by atomic mass is 10.1. The summed E-state index contributed by atoms with van der Waals surface area (Å²) in [5.74, 6) is 0.920. The molecule has 7 heteroatoms. The summed E-state index contributed by atoms with van der Waals surface area (Å²) in [5.41, 5.74) is 1.77. The van der Waals surface area contributed by atoms with Crippen LogP contribution in [0.2, 0.25) is 0 Å². The molecule has 0 aliphatic carbocycles. The van der Waals surface area contributed by atoms with E-state index in [1.807, 2.05) is 43.0 Å². The summed E-state index contributed by atoms with van der Waals surface area (Å²) < 4.78 is 9.76. The van der Waals surface area contributed by atoms with Crippen LogP contribution in [0.4, 0.5) is 5.13 Å². The number of benzene rings is 1. The van der Waals surface area contributed by atoms with Gasteiger partial charge in [-0.15, -0.1) is 0 Å². The molecule has 1 saturated heterocycles. The van der Waals surface area contributed by atoms with Crippen LogP contribution in [0.25, 0.3) is 0 Å². The minimum Gasteiger partial charge on any atom is -0.375 e. The number of rotatable bonds is 5. The number of aryl methyl sites for hydroxylation is 1. The van der Waals surface area contributed by atoms with Crippen molar-refractivity contribution in [1.82, 2.24) is 14.3 Å². The monoisotopic (exact) mass is 346 g/mol. The molecule has 1 amide bonds. The lowest BCUT2D eigenvalue weighted by Gasteiger charge is -2.31. The molecule has 0 radical (unpaired) electrons. The molecule has 0 spiro atoms. The number of hydrogen-bond donors (Lipinski definition) is 1. The fourth-order valence-electron chi connectivity index (χ4n) is 2.65. The maximum Gasteiger partial charge on any atom is 0.254 e. The van der Waals surface area contributed by atoms with Crippen LogP contribution >= 0.6 is 11.5 Å². The van der Waals surface area contributed by atoms with E-state index in [-0.39, 0.29) is 12.0 Å². The third-order valence-electron chi connectivity index (χ3n) is 3.93. The third-order valence-corrected chi connectivity index (χ3v) is 4.64. The first-order valence-corrected chi connectivity index (χ1v) is 8.99. The van der Waals surface area contributed by atoms with Crippen molar-refractivity contribution >= 4 is 22.6 Å². The Labute approximate surface area is 146 Å². The number of carbonyl (C=O) groups is 1. The van der Waals surface area contributed by atoms with E-state index in [0.29, 0.717) is 26.2 Å². The van der Waals surface area contributed by atoms with Crippen molar-refractivity contribution in [3.63, 3.8) is 0 Å². The molecule has 1 fully saturated rings. The molecule has 1 aromatic heterocycles. The molecule has 1 atom stereocenters. The highest BCUT2D eigenvalue weighted by atomic mass is 32.1. The molecule has 128 valence electrons. The first kappa shape index (κ1) is 16.9. The fourth-order valence-corrected chi connectivity index (χ4v) is 3.29. The summed E-state index contributed by atoms with van der Waals surface area (Å²) in [6.45, 7) is 6.55. The van der Waals surface area contributed by atoms with E-state index in [2.05, 4.69) is 14.7 Å². The lowest BCUT2D eigenvalue weighted by Crippen LogP contribution is -2.44. The Kier molecular flexibility index (Phi) is 5.42. The highest BCUT2D eigenvalue weighted by Crippen LogP contribution is 2.15. The van der Waals surface area contributed by atoms with Crippen molar-refractivity contribution in [2.45, 2.75) is 32.9 Å². The van der Waals surface area contributed by atoms with Gasteiger partial charge in [0.25, 0.3) is 5.91 Å². The quantitative estimate of drug-likeness (QED) is 0.901. The number of morpholine rings is 1. The van der Waals surface area contributed by atoms with E-state index in [1.165, 1.54) is 11.5 Å². The molecule has 2 heterocycles. The smallest absolute Gasteiger partial charge is 0.254 e. The van der Waals surface area contributed by atoms with Gasteiger partial charge in [-0.1, -0.05) is 19.1 Å². The average molecular weight is 346 g/mol. The molecule has 0 saturated carbocycles. The predicted octanol–water partition coefficient (Wildman–Crippen LogP) is 2.57. The van der Waals surface area contributed by atoms with E-state index in [4.69, 9.17) is 4.74 Å². The molecule has 0 unspecified atom stereocenters. The highest BCUT2D eigenvalue weighted by Gasteiger charge is 2.22. The number of amides is 1. The van der Waals surface area contributed by atoms with Crippen molar-refractivity contribution in [1.29, 1.82) is 0 Å². The molecular weight excluding hydrogens is 324 g/mol. The summed E-state index contributed by atoms with van der Waals surface area (Å²) in [4.78, 5) is 18.9. The van der Waals surface area contributed by atoms with Crippen molar-refractivity contribution in [2.75, 3.05) is 25.0 Å². The van der Waals surface area contributed by atoms with E-state index in [9.17, 15) is 4.79 Å². The first-order chi connectivity index (χ1) is 11.7. The van der Waals surface area contributed by atoms with E-state index >= 15 is 0 Å². The van der Waals surface area contributed by atoms with Crippen LogP contribution in [0.15, 0.2) is 24.3 Å². The SMILES string of the molecule is CCc1nsc(NCc2cccc(C(=O)N3CCO[C@@H](C)C3)c2)n1. The largest absolute Gasteiger partial charge is 0.375 e. The van der Waals surface area contributed by atoms with E-state index in [1.54, 1.807) is 0 Å². The summed E-state index contributed by atoms with van der Waals surface area (Å²) in [6, 6.07) is 7.74. The van der Waals surface area contributed by atoms with Crippen molar-refractivity contribution in [2.24, 2.45) is 0 Å². The predicted molar refractivity (Wildman–Crippen MR) is 94.4 cm³/mol. The number of nitrogens with zero attached hydrogens (tertiary/aromatic N) is 3. The Morgan fingerprint density at radius 1 is 1.50 bits per heavy atom. The van der Waals surface area contributed by atoms with Crippen molar-refractivity contribution in [3.05, 3.63) is 41.2 Å². The van der Waals surface area contributed by atoms with Gasteiger partial charge in [0.05, 0.1) is 12.7 Å². The zero-order valence-corrected chi connectivity index (χ0v) is 14.8. The zero-order valence-electron chi connectivity index (χ0n) is 14.0. The standard InChI is InChI=1S/C17H22N4O2S/c1-3-15-19-17(24-20-15)18-10-13-5-4-6-14(9-13)16(22)21-7-8-23-12(2)11-21/h4-6,9,12H,3,7-8,10-11H2,1-2H3,(H,18,19,20)/t12-/m0/s1. The molecule has 6 nitrogen and oxygen atoms in total. The van der Waals surface area contributed by atoms with Gasteiger partial charge in [-0.05, 0) is 24.6 Å². The minimum absolute atomic E-state index is 0.0659. The molecule has 3 rings (SSSR count). The number of carbonyl (C=O) groups excluding carboxylic acids is 1. The van der Waals surface area contributed by atoms with Gasteiger partial charge < -0.3 is 15.0 Å². The molecule has 1 aromatic carbocycles. The van der Waals surface area contributed by atoms with Gasteiger partial charge >= 0.3 is 0 Å². The van der Waals surface area contributed by atoms with Crippen LogP contribution in [0.1, 0.15) is 35.6 Å². The van der Waals surface area contributed by atoms with Gasteiger partial charge in [-0.2, -0.15) is 4.37 Å². The third kappa shape index (κ3) is 4.10. The van der Waals surface area contributed by atoms with Gasteiger partial charge in [-0.3, -0.25) is 4.79 Å². The van der Waals surface area contributed by atoms with Crippen LogP contribution in [0.5, 0.6) is 0 Å². The van der Waals surface area contributed by atoms with Crippen LogP contribution in [-0.4, -0.2) is 46.0 Å². The van der Waals surface area contributed by atoms with Crippen LogP contribution < -0.4 is 5.32 Å². The summed E-state index contributed by atoms with van der Waals surface area (Å²) >= 11 is 1.37. The number of ether oxygens (including phenoxy) is 1. The molecule has 1 N–H and O–H groups in total. The van der Waals surface area contributed by atoms with E-state index in [0.717, 1.165) is 28.5 Å². The van der Waals surface area contributed by atoms with E-state index < -0.39 is 0 Å². The van der Waals surface area contributed by atoms with Crippen molar-refractivity contribution < 1.29 is 9.53 Å². The molecule has 0 bridgehead atoms. The second-order valence-corrected chi connectivity index (χ2v) is 6.61. The van der Waals surface area contributed by atoms with Crippen molar-refractivity contribution in [3.8, 4) is 0 Å². The Balaban J connectivity index is 1.63. The second kappa shape index (κ2) is 7.72. The maximum atomic E-state index is 12.6. The molecular formula is C17H22N4O2S. The molecule has 2 aromatic rings. The summed E-state index contributed by atoms with van der Waals surface area (Å²) in [5, 5.41) is 4.08. The highest BCUT2D eigenvalue weighted by molar-refractivity contribution is 7.09. The number of hydrogen-bond acceptors (Lipinski definition) is 6. The van der Waals surface area contributed by atoms with Crippen LogP contribution in [0.3, 0.4) is 0 Å². The maximum absolute atomic E-state index is 12.6. The number of nitrogens with one attached hydrogen (secondary N) is 1. The second-order valence-electron chi connectivity index (χ2n) is 5.86. The average Bonchev–Trinajstić information content (AvgIpc) is 3.08. The van der Waals surface area contributed by atoms with Gasteiger partial charge in [0, 0.05) is 43.2 Å².